The lowest BCUT2D eigenvalue weighted by molar-refractivity contribution is -0.147. The highest BCUT2D eigenvalue weighted by molar-refractivity contribution is 14.1. The molecule has 0 radical (unpaired) electrons. The van der Waals surface area contributed by atoms with Gasteiger partial charge in [0.2, 0.25) is 0 Å². The van der Waals surface area contributed by atoms with Gasteiger partial charge >= 0.3 is 5.97 Å². The van der Waals surface area contributed by atoms with Gasteiger partial charge < -0.3 is 14.2 Å². The number of aromatic nitrogens is 1. The van der Waals surface area contributed by atoms with Gasteiger partial charge in [-0.2, -0.15) is 0 Å². The molecule has 0 aliphatic heterocycles. The predicted molar refractivity (Wildman–Crippen MR) is 136 cm³/mol. The van der Waals surface area contributed by atoms with Crippen LogP contribution in [0.1, 0.15) is 18.1 Å². The van der Waals surface area contributed by atoms with E-state index in [2.05, 4.69) is 33.6 Å². The smallest absolute Gasteiger partial charge is 0.340 e. The molecule has 6 heteroatoms. The molecule has 0 saturated heterocycles. The molecule has 3 aromatic carbocycles. The second-order valence-electron chi connectivity index (χ2n) is 7.46. The minimum atomic E-state index is -0.735. The summed E-state index contributed by atoms with van der Waals surface area (Å²) in [5.74, 6) is 0.780. The maximum atomic E-state index is 12.8. The van der Waals surface area contributed by atoms with E-state index >= 15 is 0 Å². The van der Waals surface area contributed by atoms with Crippen molar-refractivity contribution in [2.45, 2.75) is 26.1 Å². The van der Waals surface area contributed by atoms with Crippen LogP contribution in [0.3, 0.4) is 0 Å². The molecule has 0 aliphatic carbocycles. The maximum Gasteiger partial charge on any atom is 0.340 e. The number of rotatable bonds is 9. The van der Waals surface area contributed by atoms with E-state index in [0.29, 0.717) is 31.1 Å². The first-order valence-electron chi connectivity index (χ1n) is 10.8. The zero-order valence-corrected chi connectivity index (χ0v) is 20.4. The van der Waals surface area contributed by atoms with Crippen molar-refractivity contribution in [1.82, 2.24) is 4.98 Å². The van der Waals surface area contributed by atoms with E-state index in [1.165, 1.54) is 0 Å². The number of pyridine rings is 1. The molecule has 1 unspecified atom stereocenters. The van der Waals surface area contributed by atoms with Gasteiger partial charge in [-0.1, -0.05) is 36.4 Å². The molecule has 1 heterocycles. The Hall–Kier alpha value is -2.97. The van der Waals surface area contributed by atoms with Gasteiger partial charge in [0.15, 0.2) is 6.10 Å². The minimum Gasteiger partial charge on any atom is -0.489 e. The topological polar surface area (TPSA) is 57.7 Å². The standard InChI is InChI=1S/C27H24INO4/c1-2-31-26(27(30)33-23-13-11-22(28)12-14-23)16-21-8-4-6-10-25(21)32-18-19-15-20-7-3-5-9-24(20)29-17-19/h3-15,17,26H,2,16,18H2,1H3. The number of carbonyl (C=O) groups is 1. The third-order valence-electron chi connectivity index (χ3n) is 5.08. The van der Waals surface area contributed by atoms with Gasteiger partial charge in [-0.15, -0.1) is 0 Å². The Balaban J connectivity index is 1.46. The molecule has 5 nitrogen and oxygen atoms in total. The average Bonchev–Trinajstić information content (AvgIpc) is 2.84. The Bertz CT molecular complexity index is 1230. The number of hydrogen-bond acceptors (Lipinski definition) is 5. The summed E-state index contributed by atoms with van der Waals surface area (Å²) in [6, 6.07) is 25.1. The summed E-state index contributed by atoms with van der Waals surface area (Å²) in [5, 5.41) is 1.07. The van der Waals surface area contributed by atoms with Crippen LogP contribution in [0.2, 0.25) is 0 Å². The highest BCUT2D eigenvalue weighted by Gasteiger charge is 2.23. The Morgan fingerprint density at radius 2 is 1.76 bits per heavy atom. The fourth-order valence-electron chi connectivity index (χ4n) is 3.47. The Morgan fingerprint density at radius 3 is 2.58 bits per heavy atom. The average molecular weight is 553 g/mol. The number of halogens is 1. The van der Waals surface area contributed by atoms with Crippen molar-refractivity contribution in [2.75, 3.05) is 6.61 Å². The molecule has 0 spiro atoms. The van der Waals surface area contributed by atoms with Crippen LogP contribution < -0.4 is 9.47 Å². The van der Waals surface area contributed by atoms with E-state index in [1.54, 1.807) is 12.1 Å². The zero-order chi connectivity index (χ0) is 23.0. The van der Waals surface area contributed by atoms with Gasteiger partial charge in [-0.05, 0) is 77.5 Å². The number of para-hydroxylation sites is 2. The van der Waals surface area contributed by atoms with Crippen molar-refractivity contribution in [1.29, 1.82) is 0 Å². The fraction of sp³-hybridized carbons (Fsp3) is 0.185. The summed E-state index contributed by atoms with van der Waals surface area (Å²) in [5.41, 5.74) is 2.81. The van der Waals surface area contributed by atoms with Crippen molar-refractivity contribution < 1.29 is 19.0 Å². The largest absolute Gasteiger partial charge is 0.489 e. The van der Waals surface area contributed by atoms with Crippen LogP contribution in [0.4, 0.5) is 0 Å². The van der Waals surface area contributed by atoms with Gasteiger partial charge in [0.05, 0.1) is 5.52 Å². The minimum absolute atomic E-state index is 0.350. The SMILES string of the molecule is CCOC(Cc1ccccc1OCc1cnc2ccccc2c1)C(=O)Oc1ccc(I)cc1. The van der Waals surface area contributed by atoms with Crippen LogP contribution in [-0.2, 0) is 22.6 Å². The lowest BCUT2D eigenvalue weighted by Gasteiger charge is -2.18. The number of esters is 1. The van der Waals surface area contributed by atoms with Crippen molar-refractivity contribution in [3.63, 3.8) is 0 Å². The molecule has 0 fully saturated rings. The van der Waals surface area contributed by atoms with Crippen molar-refractivity contribution in [3.05, 3.63) is 99.8 Å². The highest BCUT2D eigenvalue weighted by Crippen LogP contribution is 2.23. The number of fused-ring (bicyclic) bond motifs is 1. The third kappa shape index (κ3) is 6.30. The lowest BCUT2D eigenvalue weighted by atomic mass is 10.1. The van der Waals surface area contributed by atoms with Crippen LogP contribution in [0, 0.1) is 3.57 Å². The number of benzene rings is 3. The quantitative estimate of drug-likeness (QED) is 0.145. The molecule has 4 aromatic rings. The van der Waals surface area contributed by atoms with Crippen LogP contribution in [-0.4, -0.2) is 23.7 Å². The fourth-order valence-corrected chi connectivity index (χ4v) is 3.83. The van der Waals surface area contributed by atoms with Gasteiger partial charge in [0.25, 0.3) is 0 Å². The van der Waals surface area contributed by atoms with Crippen molar-refractivity contribution >= 4 is 39.5 Å². The first kappa shape index (κ1) is 23.2. The molecular formula is C27H24INO4. The van der Waals surface area contributed by atoms with E-state index in [4.69, 9.17) is 14.2 Å². The number of hydrogen-bond donors (Lipinski definition) is 0. The Kier molecular flexibility index (Phi) is 7.91. The molecule has 168 valence electrons. The second kappa shape index (κ2) is 11.2. The van der Waals surface area contributed by atoms with Gasteiger partial charge in [0.1, 0.15) is 18.1 Å². The molecule has 1 aromatic heterocycles. The molecule has 1 atom stereocenters. The van der Waals surface area contributed by atoms with Crippen LogP contribution in [0.5, 0.6) is 11.5 Å². The molecule has 0 amide bonds. The summed E-state index contributed by atoms with van der Waals surface area (Å²) in [6.45, 7) is 2.64. The molecule has 0 bridgehead atoms. The van der Waals surface area contributed by atoms with E-state index in [0.717, 1.165) is 25.6 Å². The molecule has 33 heavy (non-hydrogen) atoms. The normalized spacial score (nSPS) is 11.8. The van der Waals surface area contributed by atoms with E-state index in [9.17, 15) is 4.79 Å². The van der Waals surface area contributed by atoms with Gasteiger partial charge in [-0.25, -0.2) is 4.79 Å². The number of ether oxygens (including phenoxy) is 3. The monoisotopic (exact) mass is 553 g/mol. The molecular weight excluding hydrogens is 529 g/mol. The second-order valence-corrected chi connectivity index (χ2v) is 8.70. The summed E-state index contributed by atoms with van der Waals surface area (Å²) in [7, 11) is 0. The number of carbonyl (C=O) groups excluding carboxylic acids is 1. The van der Waals surface area contributed by atoms with Crippen molar-refractivity contribution in [2.24, 2.45) is 0 Å². The molecule has 0 aliphatic rings. The van der Waals surface area contributed by atoms with Gasteiger partial charge in [0, 0.05) is 33.7 Å². The van der Waals surface area contributed by atoms with E-state index < -0.39 is 12.1 Å². The zero-order valence-electron chi connectivity index (χ0n) is 18.2. The van der Waals surface area contributed by atoms with Crippen molar-refractivity contribution in [3.8, 4) is 11.5 Å². The first-order chi connectivity index (χ1) is 16.1. The first-order valence-corrected chi connectivity index (χ1v) is 11.8. The molecule has 0 saturated carbocycles. The van der Waals surface area contributed by atoms with Crippen LogP contribution in [0.15, 0.2) is 85.1 Å². The number of nitrogens with zero attached hydrogens (tertiary/aromatic N) is 1. The van der Waals surface area contributed by atoms with Crippen LogP contribution >= 0.6 is 22.6 Å². The molecule has 4 rings (SSSR count). The highest BCUT2D eigenvalue weighted by atomic mass is 127. The predicted octanol–water partition coefficient (Wildman–Crippen LogP) is 5.97. The van der Waals surface area contributed by atoms with Crippen LogP contribution in [0.25, 0.3) is 10.9 Å². The third-order valence-corrected chi connectivity index (χ3v) is 5.80. The lowest BCUT2D eigenvalue weighted by Crippen LogP contribution is -2.31. The van der Waals surface area contributed by atoms with Gasteiger partial charge in [-0.3, -0.25) is 4.98 Å². The summed E-state index contributed by atoms with van der Waals surface area (Å²) in [6.07, 6.45) is 1.44. The van der Waals surface area contributed by atoms with E-state index in [1.807, 2.05) is 73.8 Å². The summed E-state index contributed by atoms with van der Waals surface area (Å²) >= 11 is 2.21. The Labute approximate surface area is 206 Å². The van der Waals surface area contributed by atoms with E-state index in [-0.39, 0.29) is 0 Å². The summed E-state index contributed by atoms with van der Waals surface area (Å²) < 4.78 is 18.5. The molecule has 0 N–H and O–H groups in total. The summed E-state index contributed by atoms with van der Waals surface area (Å²) in [4.78, 5) is 17.3. The maximum absolute atomic E-state index is 12.8. The Morgan fingerprint density at radius 1 is 1.00 bits per heavy atom.